The maximum atomic E-state index is 12.4. The summed E-state index contributed by atoms with van der Waals surface area (Å²) < 4.78 is 28.1. The van der Waals surface area contributed by atoms with Gasteiger partial charge < -0.3 is 34.3 Å². The van der Waals surface area contributed by atoms with E-state index in [2.05, 4.69) is 25.6 Å². The lowest BCUT2D eigenvalue weighted by molar-refractivity contribution is 0.167. The maximum absolute atomic E-state index is 12.4. The molecule has 0 atom stereocenters. The SMILES string of the molecule is COc1cc(NC(=O)Nc2ccc(Oc3ncnc4cc(OC)c5c(c34)OCCO5)c(Cl)c2)ccn1. The van der Waals surface area contributed by atoms with E-state index in [0.29, 0.717) is 64.4 Å². The number of ether oxygens (including phenoxy) is 5. The van der Waals surface area contributed by atoms with Crippen LogP contribution < -0.4 is 34.3 Å². The summed E-state index contributed by atoms with van der Waals surface area (Å²) in [5.41, 5.74) is 1.53. The largest absolute Gasteiger partial charge is 0.493 e. The average Bonchev–Trinajstić information content (AvgIpc) is 2.89. The molecule has 0 unspecified atom stereocenters. The second-order valence-electron chi connectivity index (χ2n) is 7.42. The summed E-state index contributed by atoms with van der Waals surface area (Å²) >= 11 is 6.46. The first-order valence-corrected chi connectivity index (χ1v) is 11.1. The molecule has 12 heteroatoms. The molecule has 2 aromatic heterocycles. The van der Waals surface area contributed by atoms with Crippen LogP contribution in [-0.4, -0.2) is 48.4 Å². The molecule has 0 fully saturated rings. The molecule has 2 amide bonds. The first-order valence-electron chi connectivity index (χ1n) is 10.7. The van der Waals surface area contributed by atoms with Crippen LogP contribution in [0.4, 0.5) is 16.2 Å². The minimum Gasteiger partial charge on any atom is -0.493 e. The molecule has 2 N–H and O–H groups in total. The summed E-state index contributed by atoms with van der Waals surface area (Å²) in [5.74, 6) is 2.33. The molecule has 0 saturated carbocycles. The minimum atomic E-state index is -0.465. The van der Waals surface area contributed by atoms with E-state index in [0.717, 1.165) is 0 Å². The summed E-state index contributed by atoms with van der Waals surface area (Å²) in [4.78, 5) is 25.0. The Hall–Kier alpha value is -4.51. The first-order chi connectivity index (χ1) is 17.6. The molecule has 0 aliphatic carbocycles. The van der Waals surface area contributed by atoms with Gasteiger partial charge in [0.15, 0.2) is 11.5 Å². The van der Waals surface area contributed by atoms with Gasteiger partial charge in [-0.1, -0.05) is 11.6 Å². The van der Waals surface area contributed by atoms with Crippen LogP contribution in [0, 0.1) is 0 Å². The molecule has 3 heterocycles. The normalized spacial score (nSPS) is 12.1. The number of pyridine rings is 1. The highest BCUT2D eigenvalue weighted by atomic mass is 35.5. The number of aromatic nitrogens is 3. The zero-order valence-electron chi connectivity index (χ0n) is 19.2. The number of amides is 2. The van der Waals surface area contributed by atoms with E-state index in [4.69, 9.17) is 35.3 Å². The predicted octanol–water partition coefficient (Wildman–Crippen LogP) is 4.90. The fourth-order valence-corrected chi connectivity index (χ4v) is 3.79. The van der Waals surface area contributed by atoms with E-state index in [9.17, 15) is 4.79 Å². The van der Waals surface area contributed by atoms with Crippen molar-refractivity contribution in [2.75, 3.05) is 38.1 Å². The van der Waals surface area contributed by atoms with Gasteiger partial charge in [-0.3, -0.25) is 0 Å². The number of anilines is 2. The highest BCUT2D eigenvalue weighted by molar-refractivity contribution is 6.32. The minimum absolute atomic E-state index is 0.233. The zero-order chi connectivity index (χ0) is 25.1. The Morgan fingerprint density at radius 3 is 2.44 bits per heavy atom. The molecular formula is C24H20ClN5O6. The molecule has 184 valence electrons. The van der Waals surface area contributed by atoms with Gasteiger partial charge in [0, 0.05) is 29.7 Å². The Morgan fingerprint density at radius 2 is 1.69 bits per heavy atom. The predicted molar refractivity (Wildman–Crippen MR) is 132 cm³/mol. The number of nitrogens with one attached hydrogen (secondary N) is 2. The first kappa shape index (κ1) is 23.2. The lowest BCUT2D eigenvalue weighted by atomic mass is 10.1. The van der Waals surface area contributed by atoms with Crippen LogP contribution in [0.1, 0.15) is 0 Å². The standard InChI is InChI=1S/C24H20ClN5O6/c1-32-18-11-16-20(22-21(18)34-7-8-35-22)23(28-12-27-16)36-17-4-3-13(9-15(17)25)29-24(31)30-14-5-6-26-19(10-14)33-2/h3-6,9-12H,7-8H2,1-2H3,(H2,26,29,30,31). The summed E-state index contributed by atoms with van der Waals surface area (Å²) in [6.45, 7) is 0.750. The topological polar surface area (TPSA) is 126 Å². The van der Waals surface area contributed by atoms with E-state index in [1.54, 1.807) is 43.5 Å². The lowest BCUT2D eigenvalue weighted by Crippen LogP contribution is -2.19. The molecule has 4 aromatic rings. The second-order valence-corrected chi connectivity index (χ2v) is 7.83. The molecule has 2 aromatic carbocycles. The zero-order valence-corrected chi connectivity index (χ0v) is 20.0. The molecule has 0 radical (unpaired) electrons. The summed E-state index contributed by atoms with van der Waals surface area (Å²) in [6.07, 6.45) is 2.90. The van der Waals surface area contributed by atoms with Crippen LogP contribution in [0.25, 0.3) is 10.9 Å². The van der Waals surface area contributed by atoms with Gasteiger partial charge >= 0.3 is 6.03 Å². The van der Waals surface area contributed by atoms with Crippen LogP contribution in [0.3, 0.4) is 0 Å². The number of nitrogens with zero attached hydrogens (tertiary/aromatic N) is 3. The quantitative estimate of drug-likeness (QED) is 0.373. The van der Waals surface area contributed by atoms with Crippen LogP contribution >= 0.6 is 11.6 Å². The monoisotopic (exact) mass is 509 g/mol. The lowest BCUT2D eigenvalue weighted by Gasteiger charge is -2.22. The maximum Gasteiger partial charge on any atom is 0.323 e. The van der Waals surface area contributed by atoms with Crippen molar-refractivity contribution >= 4 is 39.9 Å². The van der Waals surface area contributed by atoms with Gasteiger partial charge in [0.1, 0.15) is 30.7 Å². The molecule has 36 heavy (non-hydrogen) atoms. The molecule has 0 spiro atoms. The number of hydrogen-bond acceptors (Lipinski definition) is 9. The molecule has 11 nitrogen and oxygen atoms in total. The molecule has 5 rings (SSSR count). The number of carbonyl (C=O) groups excluding carboxylic acids is 1. The Bertz CT molecular complexity index is 1450. The van der Waals surface area contributed by atoms with Crippen molar-refractivity contribution in [3.63, 3.8) is 0 Å². The average molecular weight is 510 g/mol. The Morgan fingerprint density at radius 1 is 0.917 bits per heavy atom. The Labute approximate surface area is 210 Å². The summed E-state index contributed by atoms with van der Waals surface area (Å²) in [7, 11) is 3.04. The van der Waals surface area contributed by atoms with Gasteiger partial charge in [-0.2, -0.15) is 0 Å². The number of hydrogen-bond donors (Lipinski definition) is 2. The van der Waals surface area contributed by atoms with E-state index in [-0.39, 0.29) is 10.9 Å². The molecule has 0 bridgehead atoms. The van der Waals surface area contributed by atoms with E-state index >= 15 is 0 Å². The van der Waals surface area contributed by atoms with E-state index in [1.165, 1.54) is 19.6 Å². The molecule has 0 saturated heterocycles. The number of benzene rings is 2. The second kappa shape index (κ2) is 10.0. The third-order valence-corrected chi connectivity index (χ3v) is 5.46. The molecule has 1 aliphatic rings. The van der Waals surface area contributed by atoms with Gasteiger partial charge in [0.05, 0.1) is 24.8 Å². The summed E-state index contributed by atoms with van der Waals surface area (Å²) in [6, 6.07) is 9.32. The van der Waals surface area contributed by atoms with Gasteiger partial charge in [-0.15, -0.1) is 0 Å². The number of fused-ring (bicyclic) bond motifs is 3. The van der Waals surface area contributed by atoms with Gasteiger partial charge in [0.25, 0.3) is 0 Å². The summed E-state index contributed by atoms with van der Waals surface area (Å²) in [5, 5.41) is 6.20. The fraction of sp³-hybridized carbons (Fsp3) is 0.167. The van der Waals surface area contributed by atoms with Gasteiger partial charge in [-0.05, 0) is 24.3 Å². The van der Waals surface area contributed by atoms with Gasteiger partial charge in [-0.25, -0.2) is 19.7 Å². The van der Waals surface area contributed by atoms with Crippen molar-refractivity contribution in [3.8, 4) is 34.8 Å². The third kappa shape index (κ3) is 4.68. The third-order valence-electron chi connectivity index (χ3n) is 5.16. The van der Waals surface area contributed by atoms with Crippen molar-refractivity contribution in [2.24, 2.45) is 0 Å². The van der Waals surface area contributed by atoms with Gasteiger partial charge in [0.2, 0.25) is 17.5 Å². The van der Waals surface area contributed by atoms with Crippen LogP contribution in [-0.2, 0) is 0 Å². The van der Waals surface area contributed by atoms with Crippen LogP contribution in [0.2, 0.25) is 5.02 Å². The number of urea groups is 1. The number of methoxy groups -OCH3 is 2. The number of rotatable bonds is 6. The van der Waals surface area contributed by atoms with E-state index in [1.807, 2.05) is 0 Å². The van der Waals surface area contributed by atoms with Crippen molar-refractivity contribution in [3.05, 3.63) is 53.9 Å². The van der Waals surface area contributed by atoms with Crippen molar-refractivity contribution < 1.29 is 28.5 Å². The van der Waals surface area contributed by atoms with Crippen LogP contribution in [0.15, 0.2) is 48.9 Å². The highest BCUT2D eigenvalue weighted by Gasteiger charge is 2.25. The smallest absolute Gasteiger partial charge is 0.323 e. The fourth-order valence-electron chi connectivity index (χ4n) is 3.57. The highest BCUT2D eigenvalue weighted by Crippen LogP contribution is 2.48. The number of carbonyl (C=O) groups is 1. The molecule has 1 aliphatic heterocycles. The van der Waals surface area contributed by atoms with Crippen LogP contribution in [0.5, 0.6) is 34.8 Å². The molecular weight excluding hydrogens is 490 g/mol. The van der Waals surface area contributed by atoms with Crippen molar-refractivity contribution in [1.82, 2.24) is 15.0 Å². The Kier molecular flexibility index (Phi) is 6.46. The van der Waals surface area contributed by atoms with Crippen molar-refractivity contribution in [1.29, 1.82) is 0 Å². The number of halogens is 1. The Balaban J connectivity index is 1.37. The van der Waals surface area contributed by atoms with Crippen molar-refractivity contribution in [2.45, 2.75) is 0 Å². The van der Waals surface area contributed by atoms with E-state index < -0.39 is 6.03 Å².